The summed E-state index contributed by atoms with van der Waals surface area (Å²) >= 11 is 7.81. The largest absolute Gasteiger partial charge is 0.481 e. The van der Waals surface area contributed by atoms with Gasteiger partial charge in [0.2, 0.25) is 5.28 Å². The van der Waals surface area contributed by atoms with Gasteiger partial charge in [-0.3, -0.25) is 4.79 Å². The molecule has 0 amide bonds. The average molecular weight is 402 g/mol. The van der Waals surface area contributed by atoms with Crippen LogP contribution in [0.15, 0.2) is 24.3 Å². The van der Waals surface area contributed by atoms with Crippen molar-refractivity contribution in [3.63, 3.8) is 0 Å². The first-order chi connectivity index (χ1) is 12.9. The van der Waals surface area contributed by atoms with Crippen LogP contribution >= 0.6 is 22.9 Å². The number of rotatable bonds is 3. The molecule has 4 rings (SSSR count). The maximum absolute atomic E-state index is 11.5. The van der Waals surface area contributed by atoms with Crippen LogP contribution in [-0.4, -0.2) is 34.1 Å². The van der Waals surface area contributed by atoms with Gasteiger partial charge in [0.1, 0.15) is 10.6 Å². The Morgan fingerprint density at radius 3 is 2.70 bits per heavy atom. The van der Waals surface area contributed by atoms with Gasteiger partial charge in [0.25, 0.3) is 0 Å². The molecule has 27 heavy (non-hydrogen) atoms. The number of piperidine rings is 1. The number of anilines is 1. The molecule has 1 aliphatic rings. The molecule has 0 aliphatic carbocycles. The normalized spacial score (nSPS) is 17.4. The summed E-state index contributed by atoms with van der Waals surface area (Å²) in [5.74, 6) is -0.391. The molecule has 2 aromatic heterocycles. The molecule has 7 heteroatoms. The van der Waals surface area contributed by atoms with E-state index in [1.807, 2.05) is 0 Å². The SMILES string of the molecule is Cc1ccc(-c2c(C)sc3nc(Cl)nc(N4CCCC(C(=O)O)C4)c23)cc1. The second kappa shape index (κ2) is 7.09. The highest BCUT2D eigenvalue weighted by Gasteiger charge is 2.29. The molecular weight excluding hydrogens is 382 g/mol. The summed E-state index contributed by atoms with van der Waals surface area (Å²) in [7, 11) is 0. The zero-order valence-electron chi connectivity index (χ0n) is 15.2. The number of aromatic nitrogens is 2. The summed E-state index contributed by atoms with van der Waals surface area (Å²) in [4.78, 5) is 24.5. The molecule has 1 fully saturated rings. The van der Waals surface area contributed by atoms with Crippen molar-refractivity contribution in [1.29, 1.82) is 0 Å². The molecule has 1 saturated heterocycles. The number of hydrogen-bond acceptors (Lipinski definition) is 5. The molecule has 1 atom stereocenters. The summed E-state index contributed by atoms with van der Waals surface area (Å²) in [5.41, 5.74) is 3.43. The van der Waals surface area contributed by atoms with Crippen molar-refractivity contribution in [2.45, 2.75) is 26.7 Å². The van der Waals surface area contributed by atoms with Gasteiger partial charge in [-0.25, -0.2) is 4.98 Å². The van der Waals surface area contributed by atoms with Gasteiger partial charge in [0.15, 0.2) is 0 Å². The van der Waals surface area contributed by atoms with Crippen LogP contribution in [0.3, 0.4) is 0 Å². The molecule has 1 aromatic carbocycles. The summed E-state index contributed by atoms with van der Waals surface area (Å²) in [5, 5.41) is 10.6. The summed E-state index contributed by atoms with van der Waals surface area (Å²) < 4.78 is 0. The minimum absolute atomic E-state index is 0.201. The lowest BCUT2D eigenvalue weighted by molar-refractivity contribution is -0.141. The number of thiophene rings is 1. The lowest BCUT2D eigenvalue weighted by Gasteiger charge is -2.32. The maximum atomic E-state index is 11.5. The lowest BCUT2D eigenvalue weighted by atomic mass is 9.97. The highest BCUT2D eigenvalue weighted by Crippen LogP contribution is 2.43. The Hall–Kier alpha value is -2.18. The Morgan fingerprint density at radius 2 is 2.00 bits per heavy atom. The molecule has 140 valence electrons. The van der Waals surface area contributed by atoms with Crippen molar-refractivity contribution in [1.82, 2.24) is 9.97 Å². The van der Waals surface area contributed by atoms with E-state index in [4.69, 9.17) is 11.6 Å². The van der Waals surface area contributed by atoms with E-state index in [1.165, 1.54) is 5.56 Å². The first-order valence-corrected chi connectivity index (χ1v) is 10.1. The third-order valence-electron chi connectivity index (χ3n) is 5.09. The van der Waals surface area contributed by atoms with Crippen LogP contribution < -0.4 is 4.90 Å². The van der Waals surface area contributed by atoms with Gasteiger partial charge in [-0.05, 0) is 43.9 Å². The van der Waals surface area contributed by atoms with Crippen LogP contribution in [0.4, 0.5) is 5.82 Å². The molecule has 0 radical (unpaired) electrons. The van der Waals surface area contributed by atoms with Crippen LogP contribution in [-0.2, 0) is 4.79 Å². The van der Waals surface area contributed by atoms with E-state index in [9.17, 15) is 9.90 Å². The zero-order chi connectivity index (χ0) is 19.1. The van der Waals surface area contributed by atoms with Gasteiger partial charge >= 0.3 is 5.97 Å². The number of nitrogens with zero attached hydrogens (tertiary/aromatic N) is 3. The summed E-state index contributed by atoms with van der Waals surface area (Å²) in [6.45, 7) is 5.36. The third kappa shape index (κ3) is 3.39. The van der Waals surface area contributed by atoms with E-state index in [1.54, 1.807) is 11.3 Å². The van der Waals surface area contributed by atoms with Gasteiger partial charge in [-0.1, -0.05) is 29.8 Å². The molecule has 1 N–H and O–H groups in total. The van der Waals surface area contributed by atoms with E-state index >= 15 is 0 Å². The van der Waals surface area contributed by atoms with Crippen molar-refractivity contribution in [2.24, 2.45) is 5.92 Å². The number of carboxylic acid groups (broad SMARTS) is 1. The highest BCUT2D eigenvalue weighted by molar-refractivity contribution is 7.19. The molecule has 0 saturated carbocycles. The Balaban J connectivity index is 1.90. The number of carboxylic acids is 1. The number of carbonyl (C=O) groups is 1. The van der Waals surface area contributed by atoms with E-state index in [-0.39, 0.29) is 11.2 Å². The van der Waals surface area contributed by atoms with Crippen molar-refractivity contribution < 1.29 is 9.90 Å². The second-order valence-corrected chi connectivity index (χ2v) is 8.56. The smallest absolute Gasteiger partial charge is 0.308 e. The highest BCUT2D eigenvalue weighted by atomic mass is 35.5. The van der Waals surface area contributed by atoms with Crippen LogP contribution in [0, 0.1) is 19.8 Å². The van der Waals surface area contributed by atoms with Crippen LogP contribution in [0.1, 0.15) is 23.3 Å². The molecule has 0 spiro atoms. The van der Waals surface area contributed by atoms with Gasteiger partial charge < -0.3 is 10.0 Å². The van der Waals surface area contributed by atoms with E-state index in [0.29, 0.717) is 13.0 Å². The monoisotopic (exact) mass is 401 g/mol. The van der Waals surface area contributed by atoms with E-state index < -0.39 is 5.97 Å². The molecular formula is C20H20ClN3O2S. The molecule has 3 aromatic rings. The fraction of sp³-hybridized carbons (Fsp3) is 0.350. The number of benzene rings is 1. The molecule has 3 heterocycles. The number of hydrogen-bond donors (Lipinski definition) is 1. The standard InChI is InChI=1S/C20H20ClN3O2S/c1-11-5-7-13(8-6-11)15-12(2)27-18-16(15)17(22-20(21)23-18)24-9-3-4-14(10-24)19(25)26/h5-8,14H,3-4,9-10H2,1-2H3,(H,25,26). The quantitative estimate of drug-likeness (QED) is 0.630. The Bertz CT molecular complexity index is 1020. The van der Waals surface area contributed by atoms with Crippen molar-refractivity contribution in [2.75, 3.05) is 18.0 Å². The minimum atomic E-state index is -0.753. The number of fused-ring (bicyclic) bond motifs is 1. The Labute approximate surface area is 166 Å². The predicted molar refractivity (Wildman–Crippen MR) is 110 cm³/mol. The van der Waals surface area contributed by atoms with Crippen LogP contribution in [0.25, 0.3) is 21.3 Å². The van der Waals surface area contributed by atoms with Gasteiger partial charge in [-0.15, -0.1) is 11.3 Å². The third-order valence-corrected chi connectivity index (χ3v) is 6.26. The van der Waals surface area contributed by atoms with Crippen LogP contribution in [0.5, 0.6) is 0 Å². The first kappa shape index (κ1) is 18.2. The Kier molecular flexibility index (Phi) is 4.78. The number of aliphatic carboxylic acids is 1. The average Bonchev–Trinajstić information content (AvgIpc) is 2.97. The zero-order valence-corrected chi connectivity index (χ0v) is 16.8. The summed E-state index contributed by atoms with van der Waals surface area (Å²) in [6, 6.07) is 8.41. The molecule has 0 bridgehead atoms. The van der Waals surface area contributed by atoms with E-state index in [2.05, 4.69) is 53.0 Å². The van der Waals surface area contributed by atoms with Crippen molar-refractivity contribution in [3.05, 3.63) is 40.0 Å². The van der Waals surface area contributed by atoms with Crippen molar-refractivity contribution >= 4 is 44.9 Å². The molecule has 1 aliphatic heterocycles. The van der Waals surface area contributed by atoms with Gasteiger partial charge in [0, 0.05) is 23.5 Å². The first-order valence-electron chi connectivity index (χ1n) is 8.95. The number of aryl methyl sites for hydroxylation is 2. The molecule has 1 unspecified atom stereocenters. The molecule has 5 nitrogen and oxygen atoms in total. The lowest BCUT2D eigenvalue weighted by Crippen LogP contribution is -2.39. The van der Waals surface area contributed by atoms with Gasteiger partial charge in [-0.2, -0.15) is 4.98 Å². The minimum Gasteiger partial charge on any atom is -0.481 e. The maximum Gasteiger partial charge on any atom is 0.308 e. The number of halogens is 1. The van der Waals surface area contributed by atoms with Crippen molar-refractivity contribution in [3.8, 4) is 11.1 Å². The van der Waals surface area contributed by atoms with Gasteiger partial charge in [0.05, 0.1) is 11.3 Å². The van der Waals surface area contributed by atoms with E-state index in [0.717, 1.165) is 45.0 Å². The van der Waals surface area contributed by atoms with Crippen LogP contribution in [0.2, 0.25) is 5.28 Å². The fourth-order valence-electron chi connectivity index (χ4n) is 3.74. The topological polar surface area (TPSA) is 66.3 Å². The fourth-order valence-corrected chi connectivity index (χ4v) is 4.99. The predicted octanol–water partition coefficient (Wildman–Crippen LogP) is 4.93. The second-order valence-electron chi connectivity index (χ2n) is 7.02. The Morgan fingerprint density at radius 1 is 1.26 bits per heavy atom. The summed E-state index contributed by atoms with van der Waals surface area (Å²) in [6.07, 6.45) is 1.52.